The van der Waals surface area contributed by atoms with Crippen LogP contribution in [0.15, 0.2) is 18.2 Å². The number of nitrogens with two attached hydrogens (primary N) is 1. The normalized spacial score (nSPS) is 29.8. The molecular formula is C23H30N4O3. The van der Waals surface area contributed by atoms with Gasteiger partial charge >= 0.3 is 0 Å². The summed E-state index contributed by atoms with van der Waals surface area (Å²) >= 11 is 0. The molecule has 2 aliphatic heterocycles. The van der Waals surface area contributed by atoms with Crippen LogP contribution in [0.3, 0.4) is 0 Å². The number of benzene rings is 1. The van der Waals surface area contributed by atoms with Crippen molar-refractivity contribution in [1.29, 1.82) is 0 Å². The molecule has 2 saturated carbocycles. The highest BCUT2D eigenvalue weighted by atomic mass is 16.2. The van der Waals surface area contributed by atoms with Gasteiger partial charge in [0.05, 0.1) is 0 Å². The van der Waals surface area contributed by atoms with Crippen LogP contribution in [0, 0.1) is 11.3 Å². The van der Waals surface area contributed by atoms with E-state index in [0.717, 1.165) is 24.2 Å². The molecular weight excluding hydrogens is 380 g/mol. The van der Waals surface area contributed by atoms with Gasteiger partial charge in [-0.3, -0.25) is 19.7 Å². The summed E-state index contributed by atoms with van der Waals surface area (Å²) in [6.07, 6.45) is 7.11. The molecule has 2 heterocycles. The second-order valence-corrected chi connectivity index (χ2v) is 9.50. The van der Waals surface area contributed by atoms with Crippen LogP contribution in [0.4, 0.5) is 0 Å². The van der Waals surface area contributed by atoms with Crippen LogP contribution in [0.2, 0.25) is 0 Å². The highest BCUT2D eigenvalue weighted by Crippen LogP contribution is 2.55. The topological polar surface area (TPSA) is 105 Å². The molecule has 1 spiro atoms. The molecule has 7 nitrogen and oxygen atoms in total. The fourth-order valence-electron chi connectivity index (χ4n) is 6.09. The van der Waals surface area contributed by atoms with Crippen molar-refractivity contribution in [3.8, 4) is 0 Å². The van der Waals surface area contributed by atoms with Crippen molar-refractivity contribution in [2.45, 2.75) is 70.1 Å². The SMILES string of the molecule is NCC1CCC2(CCC2)C1NCc1ccc2c(c1)CN(C1CCC(=O)NC1=O)C2=O. The Kier molecular flexibility index (Phi) is 4.90. The molecule has 0 radical (unpaired) electrons. The van der Waals surface area contributed by atoms with Crippen molar-refractivity contribution in [3.63, 3.8) is 0 Å². The molecule has 3 fully saturated rings. The first-order chi connectivity index (χ1) is 14.5. The smallest absolute Gasteiger partial charge is 0.255 e. The summed E-state index contributed by atoms with van der Waals surface area (Å²) in [5, 5.41) is 6.15. The summed E-state index contributed by atoms with van der Waals surface area (Å²) < 4.78 is 0. The van der Waals surface area contributed by atoms with Gasteiger partial charge in [0, 0.05) is 31.1 Å². The molecule has 3 unspecified atom stereocenters. The summed E-state index contributed by atoms with van der Waals surface area (Å²) in [6, 6.07) is 5.90. The largest absolute Gasteiger partial charge is 0.330 e. The van der Waals surface area contributed by atoms with Gasteiger partial charge in [-0.15, -0.1) is 0 Å². The molecule has 5 rings (SSSR count). The van der Waals surface area contributed by atoms with E-state index in [1.54, 1.807) is 4.90 Å². The van der Waals surface area contributed by atoms with E-state index >= 15 is 0 Å². The summed E-state index contributed by atoms with van der Waals surface area (Å²) in [5.74, 6) is -0.203. The number of hydrogen-bond donors (Lipinski definition) is 3. The van der Waals surface area contributed by atoms with E-state index in [1.807, 2.05) is 12.1 Å². The zero-order valence-electron chi connectivity index (χ0n) is 17.3. The number of amides is 3. The van der Waals surface area contributed by atoms with Crippen molar-refractivity contribution in [2.75, 3.05) is 6.54 Å². The van der Waals surface area contributed by atoms with Crippen LogP contribution in [0.1, 0.15) is 66.4 Å². The van der Waals surface area contributed by atoms with E-state index in [9.17, 15) is 14.4 Å². The Hall–Kier alpha value is -2.25. The summed E-state index contributed by atoms with van der Waals surface area (Å²) in [5.41, 5.74) is 9.28. The number of fused-ring (bicyclic) bond motifs is 1. The van der Waals surface area contributed by atoms with Crippen molar-refractivity contribution in [2.24, 2.45) is 17.1 Å². The lowest BCUT2D eigenvalue weighted by Gasteiger charge is -2.45. The second kappa shape index (κ2) is 7.46. The van der Waals surface area contributed by atoms with Crippen LogP contribution in [-0.2, 0) is 22.7 Å². The quantitative estimate of drug-likeness (QED) is 0.637. The molecule has 160 valence electrons. The molecule has 7 heteroatoms. The molecule has 0 aromatic heterocycles. The molecule has 2 aliphatic carbocycles. The van der Waals surface area contributed by atoms with E-state index in [2.05, 4.69) is 16.7 Å². The molecule has 0 bridgehead atoms. The molecule has 30 heavy (non-hydrogen) atoms. The lowest BCUT2D eigenvalue weighted by Crippen LogP contribution is -2.52. The molecule has 1 aromatic carbocycles. The van der Waals surface area contributed by atoms with Gasteiger partial charge in [-0.05, 0) is 67.2 Å². The van der Waals surface area contributed by atoms with Crippen molar-refractivity contribution in [1.82, 2.24) is 15.5 Å². The van der Waals surface area contributed by atoms with E-state index in [4.69, 9.17) is 5.73 Å². The molecule has 1 saturated heterocycles. The highest BCUT2D eigenvalue weighted by Gasteiger charge is 2.50. The Morgan fingerprint density at radius 2 is 2.00 bits per heavy atom. The third-order valence-electron chi connectivity index (χ3n) is 7.91. The van der Waals surface area contributed by atoms with Crippen LogP contribution in [0.5, 0.6) is 0 Å². The lowest BCUT2D eigenvalue weighted by molar-refractivity contribution is -0.136. The molecule has 3 atom stereocenters. The minimum Gasteiger partial charge on any atom is -0.330 e. The van der Waals surface area contributed by atoms with Crippen molar-refractivity contribution in [3.05, 3.63) is 34.9 Å². The number of piperidine rings is 1. The van der Waals surface area contributed by atoms with E-state index in [-0.39, 0.29) is 24.1 Å². The monoisotopic (exact) mass is 410 g/mol. The minimum absolute atomic E-state index is 0.119. The van der Waals surface area contributed by atoms with E-state index in [1.165, 1.54) is 32.1 Å². The first kappa shape index (κ1) is 19.7. The first-order valence-electron chi connectivity index (χ1n) is 11.2. The summed E-state index contributed by atoms with van der Waals surface area (Å²) in [7, 11) is 0. The maximum atomic E-state index is 12.8. The summed E-state index contributed by atoms with van der Waals surface area (Å²) in [6.45, 7) is 1.93. The Morgan fingerprint density at radius 1 is 1.17 bits per heavy atom. The zero-order valence-corrected chi connectivity index (χ0v) is 17.3. The number of rotatable bonds is 5. The van der Waals surface area contributed by atoms with Gasteiger partial charge in [-0.25, -0.2) is 0 Å². The molecule has 4 aliphatic rings. The number of imide groups is 1. The highest BCUT2D eigenvalue weighted by molar-refractivity contribution is 6.05. The van der Waals surface area contributed by atoms with Gasteiger partial charge in [0.25, 0.3) is 5.91 Å². The standard InChI is InChI=1S/C23H30N4O3/c24-11-15-6-9-23(7-1-8-23)20(15)25-12-14-2-3-17-16(10-14)13-27(22(17)30)18-4-5-19(28)26-21(18)29/h2-3,10,15,18,20,25H,1,4-9,11-13,24H2,(H,26,28,29). The average molecular weight is 411 g/mol. The molecule has 3 amide bonds. The van der Waals surface area contributed by atoms with Crippen LogP contribution in [0.25, 0.3) is 0 Å². The van der Waals surface area contributed by atoms with Gasteiger partial charge in [-0.1, -0.05) is 18.6 Å². The Bertz CT molecular complexity index is 894. The van der Waals surface area contributed by atoms with E-state index < -0.39 is 6.04 Å². The number of nitrogens with one attached hydrogen (secondary N) is 2. The van der Waals surface area contributed by atoms with Gasteiger partial charge in [0.2, 0.25) is 11.8 Å². The van der Waals surface area contributed by atoms with Crippen LogP contribution in [-0.4, -0.2) is 41.2 Å². The van der Waals surface area contributed by atoms with Crippen molar-refractivity contribution < 1.29 is 14.4 Å². The molecule has 1 aromatic rings. The van der Waals surface area contributed by atoms with Crippen molar-refractivity contribution >= 4 is 17.7 Å². The number of carbonyl (C=O) groups is 3. The third-order valence-corrected chi connectivity index (χ3v) is 7.91. The predicted octanol–water partition coefficient (Wildman–Crippen LogP) is 1.44. The van der Waals surface area contributed by atoms with E-state index in [0.29, 0.717) is 35.9 Å². The average Bonchev–Trinajstić information content (AvgIpc) is 3.24. The van der Waals surface area contributed by atoms with Gasteiger partial charge < -0.3 is 16.0 Å². The number of hydrogen-bond acceptors (Lipinski definition) is 5. The number of nitrogens with zero attached hydrogens (tertiary/aromatic N) is 1. The first-order valence-corrected chi connectivity index (χ1v) is 11.2. The Balaban J connectivity index is 1.28. The van der Waals surface area contributed by atoms with Gasteiger partial charge in [0.1, 0.15) is 6.04 Å². The van der Waals surface area contributed by atoms with Gasteiger partial charge in [0.15, 0.2) is 0 Å². The van der Waals surface area contributed by atoms with Gasteiger partial charge in [-0.2, -0.15) is 0 Å². The second-order valence-electron chi connectivity index (χ2n) is 9.50. The minimum atomic E-state index is -0.563. The van der Waals surface area contributed by atoms with Crippen LogP contribution < -0.4 is 16.4 Å². The zero-order chi connectivity index (χ0) is 20.9. The third kappa shape index (κ3) is 3.15. The molecule has 4 N–H and O–H groups in total. The fourth-order valence-corrected chi connectivity index (χ4v) is 6.09. The number of carbonyl (C=O) groups excluding carboxylic acids is 3. The maximum Gasteiger partial charge on any atom is 0.255 e. The maximum absolute atomic E-state index is 12.8. The Labute approximate surface area is 176 Å². The predicted molar refractivity (Wildman–Crippen MR) is 111 cm³/mol. The Morgan fingerprint density at radius 3 is 2.70 bits per heavy atom. The lowest BCUT2D eigenvalue weighted by atomic mass is 9.64. The summed E-state index contributed by atoms with van der Waals surface area (Å²) in [4.78, 5) is 38.1. The van der Waals surface area contributed by atoms with Crippen LogP contribution >= 0.6 is 0 Å². The fraction of sp³-hybridized carbons (Fsp3) is 0.609.